The Hall–Kier alpha value is -4.13. The highest BCUT2D eigenvalue weighted by molar-refractivity contribution is 6.18. The van der Waals surface area contributed by atoms with Crippen LogP contribution in [0.4, 0.5) is 11.4 Å². The topological polar surface area (TPSA) is 84.9 Å². The summed E-state index contributed by atoms with van der Waals surface area (Å²) in [6.45, 7) is 2.37. The number of nitrogens with one attached hydrogen (secondary N) is 1. The Morgan fingerprint density at radius 2 is 1.78 bits per heavy atom. The van der Waals surface area contributed by atoms with Crippen LogP contribution in [-0.4, -0.2) is 31.5 Å². The van der Waals surface area contributed by atoms with Gasteiger partial charge in [-0.3, -0.25) is 9.59 Å². The fourth-order valence-electron chi connectivity index (χ4n) is 3.66. The van der Waals surface area contributed by atoms with Crippen molar-refractivity contribution in [1.82, 2.24) is 0 Å². The van der Waals surface area contributed by atoms with Crippen molar-refractivity contribution in [3.05, 3.63) is 89.0 Å². The highest BCUT2D eigenvalue weighted by Gasteiger charge is 2.32. The van der Waals surface area contributed by atoms with Crippen LogP contribution in [0, 0.1) is 0 Å². The molecule has 4 rings (SSSR count). The monoisotopic (exact) mass is 430 g/mol. The third-order valence-corrected chi connectivity index (χ3v) is 5.20. The standard InChI is InChI=1S/C25H22N2O5/c1-3-32-25(30)16-6-4-8-18(14-16)26-23(28)21-9-5-7-17-15-27(24(29)22(17)21)19-10-12-20(31-2)13-11-19/h4-14H,3,15H2,1-2H3,(H,26,28). The number of nitrogens with zero attached hydrogens (tertiary/aromatic N) is 1. The lowest BCUT2D eigenvalue weighted by Crippen LogP contribution is -2.24. The van der Waals surface area contributed by atoms with Gasteiger partial charge in [0.1, 0.15) is 5.75 Å². The van der Waals surface area contributed by atoms with E-state index in [1.165, 1.54) is 0 Å². The number of carbonyl (C=O) groups is 3. The summed E-state index contributed by atoms with van der Waals surface area (Å²) >= 11 is 0. The van der Waals surface area contributed by atoms with Gasteiger partial charge in [0.25, 0.3) is 11.8 Å². The first kappa shape index (κ1) is 21.1. The molecule has 7 heteroatoms. The van der Waals surface area contributed by atoms with E-state index in [1.807, 2.05) is 18.2 Å². The number of carbonyl (C=O) groups excluding carboxylic acids is 3. The molecule has 0 aliphatic carbocycles. The van der Waals surface area contributed by atoms with E-state index >= 15 is 0 Å². The van der Waals surface area contributed by atoms with Gasteiger partial charge < -0.3 is 19.7 Å². The molecule has 3 aromatic rings. The molecule has 0 unspecified atom stereocenters. The van der Waals surface area contributed by atoms with Crippen LogP contribution in [-0.2, 0) is 11.3 Å². The Morgan fingerprint density at radius 3 is 2.50 bits per heavy atom. The lowest BCUT2D eigenvalue weighted by molar-refractivity contribution is 0.0526. The van der Waals surface area contributed by atoms with Crippen LogP contribution in [0.15, 0.2) is 66.7 Å². The average Bonchev–Trinajstić information content (AvgIpc) is 3.16. The number of ether oxygens (including phenoxy) is 2. The van der Waals surface area contributed by atoms with E-state index in [2.05, 4.69) is 5.32 Å². The Morgan fingerprint density at radius 1 is 1.03 bits per heavy atom. The summed E-state index contributed by atoms with van der Waals surface area (Å²) in [5.41, 5.74) is 2.94. The third-order valence-electron chi connectivity index (χ3n) is 5.20. The summed E-state index contributed by atoms with van der Waals surface area (Å²) in [7, 11) is 1.58. The Bertz CT molecular complexity index is 1190. The zero-order chi connectivity index (χ0) is 22.7. The molecule has 0 saturated heterocycles. The Kier molecular flexibility index (Phi) is 5.89. The van der Waals surface area contributed by atoms with Gasteiger partial charge in [0, 0.05) is 11.4 Å². The Balaban J connectivity index is 1.58. The number of benzene rings is 3. The maximum Gasteiger partial charge on any atom is 0.338 e. The molecule has 1 heterocycles. The SMILES string of the molecule is CCOC(=O)c1cccc(NC(=O)c2cccc3c2C(=O)N(c2ccc(OC)cc2)C3)c1. The first-order valence-corrected chi connectivity index (χ1v) is 10.2. The van der Waals surface area contributed by atoms with E-state index in [9.17, 15) is 14.4 Å². The quantitative estimate of drug-likeness (QED) is 0.590. The molecule has 0 atom stereocenters. The zero-order valence-corrected chi connectivity index (χ0v) is 17.8. The number of anilines is 2. The Labute approximate surface area is 185 Å². The number of hydrogen-bond donors (Lipinski definition) is 1. The highest BCUT2D eigenvalue weighted by atomic mass is 16.5. The second-order valence-corrected chi connectivity index (χ2v) is 7.18. The molecule has 0 fully saturated rings. The minimum absolute atomic E-state index is 0.240. The van der Waals surface area contributed by atoms with Gasteiger partial charge in [0.2, 0.25) is 0 Å². The molecule has 7 nitrogen and oxygen atoms in total. The van der Waals surface area contributed by atoms with Crippen molar-refractivity contribution in [2.75, 3.05) is 23.9 Å². The molecule has 0 spiro atoms. The number of methoxy groups -OCH3 is 1. The molecule has 162 valence electrons. The van der Waals surface area contributed by atoms with E-state index in [-0.39, 0.29) is 18.1 Å². The number of amides is 2. The second kappa shape index (κ2) is 8.93. The fourth-order valence-corrected chi connectivity index (χ4v) is 3.66. The van der Waals surface area contributed by atoms with Crippen molar-refractivity contribution >= 4 is 29.2 Å². The van der Waals surface area contributed by atoms with Crippen LogP contribution < -0.4 is 15.0 Å². The third kappa shape index (κ3) is 4.05. The maximum atomic E-state index is 13.2. The number of hydrogen-bond acceptors (Lipinski definition) is 5. The minimum atomic E-state index is -0.463. The van der Waals surface area contributed by atoms with Gasteiger partial charge in [-0.2, -0.15) is 0 Å². The molecular formula is C25H22N2O5. The van der Waals surface area contributed by atoms with Crippen LogP contribution in [0.5, 0.6) is 5.75 Å². The van der Waals surface area contributed by atoms with Gasteiger partial charge in [-0.1, -0.05) is 18.2 Å². The molecule has 2 amide bonds. The first-order valence-electron chi connectivity index (χ1n) is 10.2. The molecule has 0 saturated carbocycles. The summed E-state index contributed by atoms with van der Waals surface area (Å²) < 4.78 is 10.2. The normalized spacial score (nSPS) is 12.3. The van der Waals surface area contributed by atoms with Crippen LogP contribution in [0.2, 0.25) is 0 Å². The van der Waals surface area contributed by atoms with Gasteiger partial charge in [-0.25, -0.2) is 4.79 Å². The molecule has 1 aliphatic rings. The fraction of sp³-hybridized carbons (Fsp3) is 0.160. The zero-order valence-electron chi connectivity index (χ0n) is 17.8. The van der Waals surface area contributed by atoms with Crippen molar-refractivity contribution in [3.8, 4) is 5.75 Å². The van der Waals surface area contributed by atoms with Crippen molar-refractivity contribution in [2.45, 2.75) is 13.5 Å². The molecule has 1 aliphatic heterocycles. The summed E-state index contributed by atoms with van der Waals surface area (Å²) in [5.74, 6) is -0.429. The van der Waals surface area contributed by atoms with Crippen molar-refractivity contribution in [3.63, 3.8) is 0 Å². The van der Waals surface area contributed by atoms with Crippen molar-refractivity contribution in [1.29, 1.82) is 0 Å². The molecular weight excluding hydrogens is 408 g/mol. The summed E-state index contributed by atoms with van der Waals surface area (Å²) in [5, 5.41) is 2.78. The second-order valence-electron chi connectivity index (χ2n) is 7.18. The van der Waals surface area contributed by atoms with Gasteiger partial charge in [0.15, 0.2) is 0 Å². The van der Waals surface area contributed by atoms with Crippen LogP contribution in [0.25, 0.3) is 0 Å². The van der Waals surface area contributed by atoms with Crippen molar-refractivity contribution in [2.24, 2.45) is 0 Å². The summed E-state index contributed by atoms with van der Waals surface area (Å²) in [4.78, 5) is 39.8. The van der Waals surface area contributed by atoms with E-state index in [1.54, 1.807) is 67.5 Å². The smallest absolute Gasteiger partial charge is 0.338 e. The molecule has 0 bridgehead atoms. The predicted molar refractivity (Wildman–Crippen MR) is 120 cm³/mol. The van der Waals surface area contributed by atoms with Crippen LogP contribution in [0.3, 0.4) is 0 Å². The largest absolute Gasteiger partial charge is 0.497 e. The average molecular weight is 430 g/mol. The van der Waals surface area contributed by atoms with E-state index < -0.39 is 11.9 Å². The van der Waals surface area contributed by atoms with Crippen LogP contribution >= 0.6 is 0 Å². The molecule has 0 aromatic heterocycles. The van der Waals surface area contributed by atoms with Gasteiger partial charge in [-0.15, -0.1) is 0 Å². The van der Waals surface area contributed by atoms with Gasteiger partial charge in [0.05, 0.1) is 37.0 Å². The lowest BCUT2D eigenvalue weighted by Gasteiger charge is -2.16. The van der Waals surface area contributed by atoms with Crippen molar-refractivity contribution < 1.29 is 23.9 Å². The van der Waals surface area contributed by atoms with Gasteiger partial charge >= 0.3 is 5.97 Å². The number of rotatable bonds is 6. The number of esters is 1. The molecule has 3 aromatic carbocycles. The minimum Gasteiger partial charge on any atom is -0.497 e. The molecule has 1 N–H and O–H groups in total. The highest BCUT2D eigenvalue weighted by Crippen LogP contribution is 2.31. The lowest BCUT2D eigenvalue weighted by atomic mass is 10.0. The summed E-state index contributed by atoms with van der Waals surface area (Å²) in [6, 6.07) is 18.9. The van der Waals surface area contributed by atoms with Crippen LogP contribution in [0.1, 0.15) is 43.6 Å². The maximum absolute atomic E-state index is 13.2. The van der Waals surface area contributed by atoms with E-state index in [0.29, 0.717) is 29.1 Å². The van der Waals surface area contributed by atoms with E-state index in [0.717, 1.165) is 11.3 Å². The predicted octanol–water partition coefficient (Wildman–Crippen LogP) is 4.28. The van der Waals surface area contributed by atoms with Gasteiger partial charge in [-0.05, 0) is 61.0 Å². The molecule has 0 radical (unpaired) electrons. The number of fused-ring (bicyclic) bond motifs is 1. The summed E-state index contributed by atoms with van der Waals surface area (Å²) in [6.07, 6.45) is 0. The first-order chi connectivity index (χ1) is 15.5. The molecule has 32 heavy (non-hydrogen) atoms. The van der Waals surface area contributed by atoms with E-state index in [4.69, 9.17) is 9.47 Å².